The van der Waals surface area contributed by atoms with E-state index >= 15 is 0 Å². The minimum Gasteiger partial charge on any atom is -0.392 e. The third-order valence-corrected chi connectivity index (χ3v) is 4.43. The van der Waals surface area contributed by atoms with Crippen LogP contribution >= 0.6 is 0 Å². The number of rotatable bonds is 3. The van der Waals surface area contributed by atoms with Crippen LogP contribution in [0.3, 0.4) is 0 Å². The lowest BCUT2D eigenvalue weighted by Gasteiger charge is -2.40. The molecule has 0 aromatic carbocycles. The Bertz CT molecular complexity index is 206. The lowest BCUT2D eigenvalue weighted by Crippen LogP contribution is -2.49. The van der Waals surface area contributed by atoms with E-state index in [2.05, 4.69) is 17.1 Å². The second-order valence-electron chi connectivity index (χ2n) is 5.58. The van der Waals surface area contributed by atoms with Crippen LogP contribution in [0.4, 0.5) is 0 Å². The molecule has 0 radical (unpaired) electrons. The van der Waals surface area contributed by atoms with Crippen LogP contribution in [0, 0.1) is 5.92 Å². The smallest absolute Gasteiger partial charge is 0.0664 e. The largest absolute Gasteiger partial charge is 0.392 e. The molecule has 4 unspecified atom stereocenters. The SMILES string of the molecule is CC(O)C(C)N1CCCC(C2CCCN2)C1. The first-order valence-electron chi connectivity index (χ1n) is 6.84. The zero-order chi connectivity index (χ0) is 11.5. The van der Waals surface area contributed by atoms with Crippen LogP contribution in [0.2, 0.25) is 0 Å². The summed E-state index contributed by atoms with van der Waals surface area (Å²) in [7, 11) is 0. The molecule has 2 N–H and O–H groups in total. The summed E-state index contributed by atoms with van der Waals surface area (Å²) in [4.78, 5) is 2.47. The fourth-order valence-corrected chi connectivity index (χ4v) is 3.16. The number of hydrogen-bond acceptors (Lipinski definition) is 3. The molecule has 2 aliphatic rings. The van der Waals surface area contributed by atoms with Gasteiger partial charge in [-0.25, -0.2) is 0 Å². The second kappa shape index (κ2) is 5.48. The van der Waals surface area contributed by atoms with Crippen molar-refractivity contribution in [2.24, 2.45) is 5.92 Å². The summed E-state index contributed by atoms with van der Waals surface area (Å²) in [6.45, 7) is 7.59. The van der Waals surface area contributed by atoms with Crippen molar-refractivity contribution in [3.05, 3.63) is 0 Å². The van der Waals surface area contributed by atoms with Crippen molar-refractivity contribution in [2.45, 2.75) is 57.7 Å². The van der Waals surface area contributed by atoms with Crippen LogP contribution in [0.15, 0.2) is 0 Å². The molecule has 0 aliphatic carbocycles. The molecular formula is C13H26N2O. The van der Waals surface area contributed by atoms with Crippen LogP contribution in [0.5, 0.6) is 0 Å². The van der Waals surface area contributed by atoms with Crippen LogP contribution < -0.4 is 5.32 Å². The Morgan fingerprint density at radius 2 is 2.06 bits per heavy atom. The minimum atomic E-state index is -0.213. The molecule has 3 nitrogen and oxygen atoms in total. The normalized spacial score (nSPS) is 36.2. The van der Waals surface area contributed by atoms with Gasteiger partial charge in [0.2, 0.25) is 0 Å². The Kier molecular flexibility index (Phi) is 4.22. The highest BCUT2D eigenvalue weighted by Gasteiger charge is 2.31. The van der Waals surface area contributed by atoms with Crippen molar-refractivity contribution in [1.82, 2.24) is 10.2 Å². The summed E-state index contributed by atoms with van der Waals surface area (Å²) in [5, 5.41) is 13.3. The van der Waals surface area contributed by atoms with Crippen molar-refractivity contribution in [3.63, 3.8) is 0 Å². The number of hydrogen-bond donors (Lipinski definition) is 2. The van der Waals surface area contributed by atoms with Gasteiger partial charge in [-0.15, -0.1) is 0 Å². The average Bonchev–Trinajstić information content (AvgIpc) is 2.81. The molecular weight excluding hydrogens is 200 g/mol. The van der Waals surface area contributed by atoms with Crippen molar-refractivity contribution in [2.75, 3.05) is 19.6 Å². The molecule has 0 aromatic heterocycles. The summed E-state index contributed by atoms with van der Waals surface area (Å²) in [5.74, 6) is 0.803. The van der Waals surface area contributed by atoms with Crippen molar-refractivity contribution < 1.29 is 5.11 Å². The number of aliphatic hydroxyl groups excluding tert-OH is 1. The Morgan fingerprint density at radius 3 is 2.69 bits per heavy atom. The summed E-state index contributed by atoms with van der Waals surface area (Å²) < 4.78 is 0. The van der Waals surface area contributed by atoms with Gasteiger partial charge >= 0.3 is 0 Å². The fraction of sp³-hybridized carbons (Fsp3) is 1.00. The maximum Gasteiger partial charge on any atom is 0.0664 e. The molecule has 2 rings (SSSR count). The van der Waals surface area contributed by atoms with E-state index < -0.39 is 0 Å². The molecule has 2 aliphatic heterocycles. The van der Waals surface area contributed by atoms with Crippen LogP contribution in [-0.4, -0.2) is 47.8 Å². The number of likely N-dealkylation sites (tertiary alicyclic amines) is 1. The van der Waals surface area contributed by atoms with E-state index in [1.165, 1.54) is 38.8 Å². The van der Waals surface area contributed by atoms with E-state index in [4.69, 9.17) is 0 Å². The van der Waals surface area contributed by atoms with Gasteiger partial charge in [0.05, 0.1) is 6.10 Å². The number of piperidine rings is 1. The molecule has 0 aromatic rings. The lowest BCUT2D eigenvalue weighted by molar-refractivity contribution is 0.0375. The highest BCUT2D eigenvalue weighted by Crippen LogP contribution is 2.26. The van der Waals surface area contributed by atoms with Crippen LogP contribution in [-0.2, 0) is 0 Å². The molecule has 2 fully saturated rings. The Hall–Kier alpha value is -0.120. The molecule has 3 heteroatoms. The monoisotopic (exact) mass is 226 g/mol. The first-order chi connectivity index (χ1) is 7.68. The Balaban J connectivity index is 1.88. The quantitative estimate of drug-likeness (QED) is 0.759. The predicted octanol–water partition coefficient (Wildman–Crippen LogP) is 1.22. The van der Waals surface area contributed by atoms with Gasteiger partial charge in [0.1, 0.15) is 0 Å². The highest BCUT2D eigenvalue weighted by molar-refractivity contribution is 4.88. The van der Waals surface area contributed by atoms with Gasteiger partial charge < -0.3 is 10.4 Å². The molecule has 2 heterocycles. The van der Waals surface area contributed by atoms with E-state index in [-0.39, 0.29) is 6.10 Å². The minimum absolute atomic E-state index is 0.213. The molecule has 4 atom stereocenters. The Morgan fingerprint density at radius 1 is 1.25 bits per heavy atom. The van der Waals surface area contributed by atoms with E-state index in [9.17, 15) is 5.11 Å². The maximum absolute atomic E-state index is 9.67. The summed E-state index contributed by atoms with van der Waals surface area (Å²) in [5.41, 5.74) is 0. The summed E-state index contributed by atoms with van der Waals surface area (Å²) >= 11 is 0. The van der Waals surface area contributed by atoms with Crippen LogP contribution in [0.1, 0.15) is 39.5 Å². The van der Waals surface area contributed by atoms with Crippen molar-refractivity contribution in [1.29, 1.82) is 0 Å². The van der Waals surface area contributed by atoms with Crippen molar-refractivity contribution >= 4 is 0 Å². The molecule has 2 saturated heterocycles. The molecule has 0 bridgehead atoms. The van der Waals surface area contributed by atoms with Gasteiger partial charge in [-0.05, 0) is 58.5 Å². The molecule has 0 saturated carbocycles. The van der Waals surface area contributed by atoms with Gasteiger partial charge in [0, 0.05) is 18.6 Å². The third-order valence-electron chi connectivity index (χ3n) is 4.43. The van der Waals surface area contributed by atoms with Crippen molar-refractivity contribution in [3.8, 4) is 0 Å². The molecule has 94 valence electrons. The fourth-order valence-electron chi connectivity index (χ4n) is 3.16. The first-order valence-corrected chi connectivity index (χ1v) is 6.84. The number of nitrogens with zero attached hydrogens (tertiary/aromatic N) is 1. The number of nitrogens with one attached hydrogen (secondary N) is 1. The molecule has 16 heavy (non-hydrogen) atoms. The van der Waals surface area contributed by atoms with Gasteiger partial charge in [-0.3, -0.25) is 4.90 Å². The summed E-state index contributed by atoms with van der Waals surface area (Å²) in [6, 6.07) is 1.05. The topological polar surface area (TPSA) is 35.5 Å². The highest BCUT2D eigenvalue weighted by atomic mass is 16.3. The van der Waals surface area contributed by atoms with Gasteiger partial charge in [-0.1, -0.05) is 0 Å². The lowest BCUT2D eigenvalue weighted by atomic mass is 9.89. The van der Waals surface area contributed by atoms with E-state index in [1.54, 1.807) is 0 Å². The predicted molar refractivity (Wildman–Crippen MR) is 66.5 cm³/mol. The van der Waals surface area contributed by atoms with E-state index in [0.29, 0.717) is 6.04 Å². The number of aliphatic hydroxyl groups is 1. The molecule has 0 amide bonds. The van der Waals surface area contributed by atoms with Gasteiger partial charge in [0.25, 0.3) is 0 Å². The van der Waals surface area contributed by atoms with Gasteiger partial charge in [-0.2, -0.15) is 0 Å². The zero-order valence-corrected chi connectivity index (χ0v) is 10.7. The Labute approximate surface area is 99.2 Å². The zero-order valence-electron chi connectivity index (χ0n) is 10.7. The average molecular weight is 226 g/mol. The van der Waals surface area contributed by atoms with E-state index in [1.807, 2.05) is 6.92 Å². The molecule has 0 spiro atoms. The van der Waals surface area contributed by atoms with Crippen LogP contribution in [0.25, 0.3) is 0 Å². The summed E-state index contributed by atoms with van der Waals surface area (Å²) in [6.07, 6.45) is 5.13. The standard InChI is InChI=1S/C13H26N2O/c1-10(11(2)16)15-8-4-5-12(9-15)13-6-3-7-14-13/h10-14,16H,3-9H2,1-2H3. The third kappa shape index (κ3) is 2.76. The first kappa shape index (κ1) is 12.3. The van der Waals surface area contributed by atoms with Gasteiger partial charge in [0.15, 0.2) is 0 Å². The maximum atomic E-state index is 9.67. The van der Waals surface area contributed by atoms with E-state index in [0.717, 1.165) is 18.5 Å². The second-order valence-corrected chi connectivity index (χ2v) is 5.58.